The lowest BCUT2D eigenvalue weighted by Crippen LogP contribution is -2.17. The molecule has 0 radical (unpaired) electrons. The molecule has 0 atom stereocenters. The number of halogens is 2. The third-order valence-electron chi connectivity index (χ3n) is 2.53. The van der Waals surface area contributed by atoms with Gasteiger partial charge in [0.05, 0.1) is 16.3 Å². The Morgan fingerprint density at radius 2 is 1.70 bits per heavy atom. The predicted octanol–water partition coefficient (Wildman–Crippen LogP) is 3.34. The average molecular weight is 308 g/mol. The number of nitrogens with zero attached hydrogens (tertiary/aromatic N) is 1. The van der Waals surface area contributed by atoms with Gasteiger partial charge in [-0.25, -0.2) is 5.43 Å². The third-order valence-corrected chi connectivity index (χ3v) is 3.19. The molecule has 2 rings (SSSR count). The maximum absolute atomic E-state index is 11.8. The topological polar surface area (TPSA) is 67.5 Å². The van der Waals surface area contributed by atoms with Crippen LogP contribution in [-0.2, 0) is 0 Å². The molecule has 0 aliphatic carbocycles. The maximum Gasteiger partial charge on any atom is 0.271 e. The van der Waals surface area contributed by atoms with Crippen LogP contribution in [0.4, 0.5) is 5.69 Å². The molecular formula is C14H11Cl2N3O. The van der Waals surface area contributed by atoms with Crippen LogP contribution in [0, 0.1) is 0 Å². The predicted molar refractivity (Wildman–Crippen MR) is 82.4 cm³/mol. The van der Waals surface area contributed by atoms with Crippen molar-refractivity contribution in [3.63, 3.8) is 0 Å². The first-order valence-corrected chi connectivity index (χ1v) is 6.46. The number of hydrazone groups is 1. The standard InChI is InChI=1S/C14H11Cl2N3O/c15-12-2-1-3-13(16)11(12)8-18-19-14(20)9-4-6-10(17)7-5-9/h1-8H,17H2,(H,19,20). The second-order valence-corrected chi connectivity index (χ2v) is 4.77. The van der Waals surface area contributed by atoms with Gasteiger partial charge in [0, 0.05) is 16.8 Å². The first kappa shape index (κ1) is 14.4. The lowest BCUT2D eigenvalue weighted by atomic mass is 10.2. The maximum atomic E-state index is 11.8. The van der Waals surface area contributed by atoms with Crippen molar-refractivity contribution in [2.24, 2.45) is 5.10 Å². The van der Waals surface area contributed by atoms with Gasteiger partial charge in [-0.15, -0.1) is 0 Å². The van der Waals surface area contributed by atoms with Gasteiger partial charge < -0.3 is 5.73 Å². The summed E-state index contributed by atoms with van der Waals surface area (Å²) in [5.41, 5.74) is 9.54. The van der Waals surface area contributed by atoms with Crippen LogP contribution in [0.25, 0.3) is 0 Å². The van der Waals surface area contributed by atoms with E-state index >= 15 is 0 Å². The van der Waals surface area contributed by atoms with E-state index < -0.39 is 0 Å². The van der Waals surface area contributed by atoms with Gasteiger partial charge in [0.1, 0.15) is 0 Å². The average Bonchev–Trinajstić information content (AvgIpc) is 2.42. The molecule has 2 aromatic carbocycles. The first-order valence-electron chi connectivity index (χ1n) is 5.71. The highest BCUT2D eigenvalue weighted by Gasteiger charge is 2.04. The number of hydrogen-bond acceptors (Lipinski definition) is 3. The van der Waals surface area contributed by atoms with E-state index in [1.54, 1.807) is 42.5 Å². The second-order valence-electron chi connectivity index (χ2n) is 3.96. The minimum Gasteiger partial charge on any atom is -0.399 e. The molecule has 0 unspecified atom stereocenters. The van der Waals surface area contributed by atoms with E-state index in [1.165, 1.54) is 6.21 Å². The molecular weight excluding hydrogens is 297 g/mol. The number of carbonyl (C=O) groups is 1. The van der Waals surface area contributed by atoms with Crippen LogP contribution in [0.5, 0.6) is 0 Å². The smallest absolute Gasteiger partial charge is 0.271 e. The fourth-order valence-corrected chi connectivity index (χ4v) is 1.98. The summed E-state index contributed by atoms with van der Waals surface area (Å²) in [7, 11) is 0. The van der Waals surface area contributed by atoms with Crippen molar-refractivity contribution < 1.29 is 4.79 Å². The summed E-state index contributed by atoms with van der Waals surface area (Å²) >= 11 is 12.0. The molecule has 0 heterocycles. The summed E-state index contributed by atoms with van der Waals surface area (Å²) in [6, 6.07) is 11.6. The van der Waals surface area contributed by atoms with Crippen molar-refractivity contribution in [1.29, 1.82) is 0 Å². The Morgan fingerprint density at radius 1 is 1.10 bits per heavy atom. The third kappa shape index (κ3) is 3.50. The molecule has 0 saturated carbocycles. The van der Waals surface area contributed by atoms with Crippen LogP contribution in [-0.4, -0.2) is 12.1 Å². The van der Waals surface area contributed by atoms with E-state index in [1.807, 2.05) is 0 Å². The Kier molecular flexibility index (Phi) is 4.61. The molecule has 20 heavy (non-hydrogen) atoms. The minimum atomic E-state index is -0.343. The number of rotatable bonds is 3. The second kappa shape index (κ2) is 6.41. The van der Waals surface area contributed by atoms with Gasteiger partial charge in [-0.2, -0.15) is 5.10 Å². The largest absolute Gasteiger partial charge is 0.399 e. The highest BCUT2D eigenvalue weighted by atomic mass is 35.5. The lowest BCUT2D eigenvalue weighted by Gasteiger charge is -2.02. The van der Waals surface area contributed by atoms with Gasteiger partial charge in [0.25, 0.3) is 5.91 Å². The summed E-state index contributed by atoms with van der Waals surface area (Å²) in [6.45, 7) is 0. The zero-order valence-electron chi connectivity index (χ0n) is 10.3. The molecule has 4 nitrogen and oxygen atoms in total. The number of nitrogens with one attached hydrogen (secondary N) is 1. The van der Waals surface area contributed by atoms with Gasteiger partial charge in [-0.3, -0.25) is 4.79 Å². The number of nitrogen functional groups attached to an aromatic ring is 1. The number of benzene rings is 2. The summed E-state index contributed by atoms with van der Waals surface area (Å²) in [5.74, 6) is -0.343. The summed E-state index contributed by atoms with van der Waals surface area (Å²) in [4.78, 5) is 11.8. The van der Waals surface area contributed by atoms with Crippen LogP contribution in [0.15, 0.2) is 47.6 Å². The fraction of sp³-hybridized carbons (Fsp3) is 0. The fourth-order valence-electron chi connectivity index (χ4n) is 1.49. The van der Waals surface area contributed by atoms with Gasteiger partial charge in [-0.05, 0) is 36.4 Å². The van der Waals surface area contributed by atoms with Crippen molar-refractivity contribution in [3.05, 3.63) is 63.6 Å². The van der Waals surface area contributed by atoms with Crippen molar-refractivity contribution in [2.45, 2.75) is 0 Å². The molecule has 6 heteroatoms. The molecule has 0 aliphatic heterocycles. The zero-order valence-corrected chi connectivity index (χ0v) is 11.8. The molecule has 0 saturated heterocycles. The van der Waals surface area contributed by atoms with E-state index in [-0.39, 0.29) is 5.91 Å². The van der Waals surface area contributed by atoms with Crippen LogP contribution in [0.3, 0.4) is 0 Å². The van der Waals surface area contributed by atoms with Crippen molar-refractivity contribution in [1.82, 2.24) is 5.43 Å². The number of anilines is 1. The van der Waals surface area contributed by atoms with E-state index in [2.05, 4.69) is 10.5 Å². The van der Waals surface area contributed by atoms with Crippen LogP contribution in [0.1, 0.15) is 15.9 Å². The van der Waals surface area contributed by atoms with Gasteiger partial charge in [0.2, 0.25) is 0 Å². The van der Waals surface area contributed by atoms with Gasteiger partial charge >= 0.3 is 0 Å². The van der Waals surface area contributed by atoms with E-state index in [4.69, 9.17) is 28.9 Å². The number of carbonyl (C=O) groups excluding carboxylic acids is 1. The SMILES string of the molecule is Nc1ccc(C(=O)NN=Cc2c(Cl)cccc2Cl)cc1. The van der Waals surface area contributed by atoms with Crippen molar-refractivity contribution in [3.8, 4) is 0 Å². The normalized spacial score (nSPS) is 10.7. The first-order chi connectivity index (χ1) is 9.58. The van der Waals surface area contributed by atoms with Crippen LogP contribution >= 0.6 is 23.2 Å². The lowest BCUT2D eigenvalue weighted by molar-refractivity contribution is 0.0955. The zero-order chi connectivity index (χ0) is 14.5. The monoisotopic (exact) mass is 307 g/mol. The molecule has 1 amide bonds. The van der Waals surface area contributed by atoms with Crippen LogP contribution in [0.2, 0.25) is 10.0 Å². The summed E-state index contributed by atoms with van der Waals surface area (Å²) in [5, 5.41) is 4.76. The Hall–Kier alpha value is -2.04. The molecule has 0 bridgehead atoms. The van der Waals surface area contributed by atoms with Crippen LogP contribution < -0.4 is 11.2 Å². The van der Waals surface area contributed by atoms with E-state index in [9.17, 15) is 4.79 Å². The molecule has 0 spiro atoms. The molecule has 102 valence electrons. The Balaban J connectivity index is 2.06. The molecule has 2 aromatic rings. The van der Waals surface area contributed by atoms with Crippen molar-refractivity contribution >= 4 is 41.0 Å². The number of nitrogens with two attached hydrogens (primary N) is 1. The molecule has 0 aromatic heterocycles. The highest BCUT2D eigenvalue weighted by molar-refractivity contribution is 6.38. The van der Waals surface area contributed by atoms with Gasteiger partial charge in [-0.1, -0.05) is 29.3 Å². The quantitative estimate of drug-likeness (QED) is 0.519. The van der Waals surface area contributed by atoms with E-state index in [0.29, 0.717) is 26.9 Å². The number of amides is 1. The summed E-state index contributed by atoms with van der Waals surface area (Å²) < 4.78 is 0. The summed E-state index contributed by atoms with van der Waals surface area (Å²) in [6.07, 6.45) is 1.40. The Morgan fingerprint density at radius 3 is 2.30 bits per heavy atom. The number of hydrogen-bond donors (Lipinski definition) is 2. The molecule has 3 N–H and O–H groups in total. The molecule has 0 fully saturated rings. The molecule has 0 aliphatic rings. The Bertz CT molecular complexity index is 634. The Labute approximate surface area is 126 Å². The van der Waals surface area contributed by atoms with E-state index in [0.717, 1.165) is 0 Å². The van der Waals surface area contributed by atoms with Gasteiger partial charge in [0.15, 0.2) is 0 Å². The van der Waals surface area contributed by atoms with Crippen molar-refractivity contribution in [2.75, 3.05) is 5.73 Å². The highest BCUT2D eigenvalue weighted by Crippen LogP contribution is 2.21. The minimum absolute atomic E-state index is 0.343.